The van der Waals surface area contributed by atoms with Crippen LogP contribution in [0.25, 0.3) is 0 Å². The van der Waals surface area contributed by atoms with Crippen molar-refractivity contribution >= 4 is 0 Å². The normalized spacial score (nSPS) is 25.7. The lowest BCUT2D eigenvalue weighted by atomic mass is 9.61. The second kappa shape index (κ2) is 4.29. The number of benzene rings is 1. The highest BCUT2D eigenvalue weighted by Crippen LogP contribution is 2.49. The summed E-state index contributed by atoms with van der Waals surface area (Å²) >= 11 is 0. The number of methoxy groups -OCH3 is 1. The second-order valence-corrected chi connectivity index (χ2v) is 6.67. The van der Waals surface area contributed by atoms with Crippen LogP contribution in [0.15, 0.2) is 12.1 Å². The summed E-state index contributed by atoms with van der Waals surface area (Å²) in [6.07, 6.45) is 3.76. The monoisotopic (exact) mass is 246 g/mol. The zero-order valence-electron chi connectivity index (χ0n) is 12.7. The largest absolute Gasteiger partial charge is 0.496 e. The van der Waals surface area contributed by atoms with Crippen molar-refractivity contribution in [3.05, 3.63) is 28.8 Å². The van der Waals surface area contributed by atoms with Crippen LogP contribution in [-0.2, 0) is 10.8 Å². The van der Waals surface area contributed by atoms with Gasteiger partial charge in [0, 0.05) is 0 Å². The Kier molecular flexibility index (Phi) is 3.21. The van der Waals surface area contributed by atoms with Gasteiger partial charge in [-0.1, -0.05) is 33.8 Å². The minimum Gasteiger partial charge on any atom is -0.496 e. The lowest BCUT2D eigenvalue weighted by Crippen LogP contribution is -2.35. The zero-order chi connectivity index (χ0) is 13.6. The molecule has 0 aliphatic heterocycles. The van der Waals surface area contributed by atoms with Gasteiger partial charge in [0.2, 0.25) is 0 Å². The van der Waals surface area contributed by atoms with E-state index in [0.717, 1.165) is 5.75 Å². The van der Waals surface area contributed by atoms with E-state index in [0.29, 0.717) is 5.41 Å². The van der Waals surface area contributed by atoms with Crippen molar-refractivity contribution in [1.29, 1.82) is 0 Å². The molecule has 1 nitrogen and oxygen atoms in total. The molecule has 1 aromatic rings. The van der Waals surface area contributed by atoms with Gasteiger partial charge < -0.3 is 4.74 Å². The fourth-order valence-electron chi connectivity index (χ4n) is 3.19. The van der Waals surface area contributed by atoms with Crippen LogP contribution in [0.1, 0.15) is 63.6 Å². The van der Waals surface area contributed by atoms with Crippen molar-refractivity contribution in [2.75, 3.05) is 7.11 Å². The van der Waals surface area contributed by atoms with Gasteiger partial charge in [0.15, 0.2) is 0 Å². The molecule has 1 heteroatoms. The third-order valence-electron chi connectivity index (χ3n) is 5.00. The van der Waals surface area contributed by atoms with E-state index in [1.54, 1.807) is 12.7 Å². The summed E-state index contributed by atoms with van der Waals surface area (Å²) in [7, 11) is 1.77. The lowest BCUT2D eigenvalue weighted by Gasteiger charge is -2.43. The van der Waals surface area contributed by atoms with Gasteiger partial charge in [-0.05, 0) is 59.8 Å². The van der Waals surface area contributed by atoms with E-state index in [9.17, 15) is 0 Å². The summed E-state index contributed by atoms with van der Waals surface area (Å²) in [6.45, 7) is 11.6. The van der Waals surface area contributed by atoms with Crippen molar-refractivity contribution in [2.45, 2.75) is 64.7 Å². The molecule has 1 aliphatic carbocycles. The first-order valence-corrected chi connectivity index (χ1v) is 7.03. The molecule has 0 spiro atoms. The van der Waals surface area contributed by atoms with Crippen molar-refractivity contribution in [1.82, 2.24) is 0 Å². The van der Waals surface area contributed by atoms with Crippen molar-refractivity contribution < 1.29 is 4.74 Å². The van der Waals surface area contributed by atoms with Crippen LogP contribution in [0.5, 0.6) is 5.75 Å². The van der Waals surface area contributed by atoms with Crippen LogP contribution in [-0.4, -0.2) is 7.11 Å². The molecule has 100 valence electrons. The molecule has 1 unspecified atom stereocenters. The fraction of sp³-hybridized carbons (Fsp3) is 0.647. The van der Waals surface area contributed by atoms with Crippen LogP contribution < -0.4 is 4.74 Å². The quantitative estimate of drug-likeness (QED) is 0.732. The lowest BCUT2D eigenvalue weighted by molar-refractivity contribution is 0.302. The molecule has 1 atom stereocenters. The van der Waals surface area contributed by atoms with Gasteiger partial charge in [0.25, 0.3) is 0 Å². The van der Waals surface area contributed by atoms with Crippen LogP contribution in [0.2, 0.25) is 0 Å². The number of hydrogen-bond donors (Lipinski definition) is 0. The van der Waals surface area contributed by atoms with E-state index >= 15 is 0 Å². The molecule has 0 fully saturated rings. The molecule has 1 aromatic carbocycles. The summed E-state index contributed by atoms with van der Waals surface area (Å²) < 4.78 is 5.51. The van der Waals surface area contributed by atoms with Gasteiger partial charge in [0.05, 0.1) is 7.11 Å². The Balaban J connectivity index is 2.67. The minimum absolute atomic E-state index is 0.269. The predicted octanol–water partition coefficient (Wildman–Crippen LogP) is 4.74. The molecular weight excluding hydrogens is 220 g/mol. The molecule has 0 saturated carbocycles. The molecule has 0 aromatic heterocycles. The first kappa shape index (κ1) is 13.5. The number of hydrogen-bond acceptors (Lipinski definition) is 1. The zero-order valence-corrected chi connectivity index (χ0v) is 12.7. The average Bonchev–Trinajstić information content (AvgIpc) is 2.34. The Hall–Kier alpha value is -0.980. The maximum absolute atomic E-state index is 5.51. The molecule has 0 heterocycles. The predicted molar refractivity (Wildman–Crippen MR) is 77.6 cm³/mol. The van der Waals surface area contributed by atoms with Gasteiger partial charge >= 0.3 is 0 Å². The number of ether oxygens (including phenoxy) is 1. The Bertz CT molecular complexity index is 459. The smallest absolute Gasteiger partial charge is 0.122 e. The van der Waals surface area contributed by atoms with Crippen molar-refractivity contribution in [3.63, 3.8) is 0 Å². The first-order chi connectivity index (χ1) is 8.34. The highest BCUT2D eigenvalue weighted by Gasteiger charge is 2.39. The molecular formula is C17H26O. The van der Waals surface area contributed by atoms with Crippen LogP contribution in [0.4, 0.5) is 0 Å². The molecule has 0 amide bonds. The summed E-state index contributed by atoms with van der Waals surface area (Å²) in [6, 6.07) is 4.64. The molecule has 18 heavy (non-hydrogen) atoms. The van der Waals surface area contributed by atoms with E-state index in [1.807, 2.05) is 0 Å². The number of fused-ring (bicyclic) bond motifs is 1. The van der Waals surface area contributed by atoms with E-state index in [1.165, 1.54) is 30.4 Å². The summed E-state index contributed by atoms with van der Waals surface area (Å²) in [5.41, 5.74) is 4.89. The second-order valence-electron chi connectivity index (χ2n) is 6.67. The molecule has 0 radical (unpaired) electrons. The Labute approximate surface area is 112 Å². The highest BCUT2D eigenvalue weighted by molar-refractivity contribution is 5.49. The van der Waals surface area contributed by atoms with Gasteiger partial charge in [-0.25, -0.2) is 0 Å². The number of aryl methyl sites for hydroxylation is 1. The third kappa shape index (κ3) is 1.94. The van der Waals surface area contributed by atoms with E-state index < -0.39 is 0 Å². The van der Waals surface area contributed by atoms with Crippen LogP contribution >= 0.6 is 0 Å². The minimum atomic E-state index is 0.269. The maximum Gasteiger partial charge on any atom is 0.122 e. The standard InChI is InChI=1S/C17H26O/c1-7-17(5)9-8-16(3,4)13-11-15(18-6)12(2)10-14(13)17/h10-11H,7-9H2,1-6H3. The Morgan fingerprint density at radius 3 is 2.33 bits per heavy atom. The van der Waals surface area contributed by atoms with Gasteiger partial charge in [-0.2, -0.15) is 0 Å². The summed E-state index contributed by atoms with van der Waals surface area (Å²) in [5.74, 6) is 1.03. The molecule has 0 N–H and O–H groups in total. The Morgan fingerprint density at radius 1 is 1.11 bits per heavy atom. The maximum atomic E-state index is 5.51. The topological polar surface area (TPSA) is 9.23 Å². The van der Waals surface area contributed by atoms with E-state index in [-0.39, 0.29) is 5.41 Å². The van der Waals surface area contributed by atoms with Crippen molar-refractivity contribution in [3.8, 4) is 5.75 Å². The average molecular weight is 246 g/mol. The summed E-state index contributed by atoms with van der Waals surface area (Å²) in [4.78, 5) is 0. The first-order valence-electron chi connectivity index (χ1n) is 7.03. The molecule has 2 rings (SSSR count). The summed E-state index contributed by atoms with van der Waals surface area (Å²) in [5, 5.41) is 0. The molecule has 0 bridgehead atoms. The van der Waals surface area contributed by atoms with E-state index in [4.69, 9.17) is 4.74 Å². The van der Waals surface area contributed by atoms with Gasteiger partial charge in [-0.3, -0.25) is 0 Å². The van der Waals surface area contributed by atoms with Gasteiger partial charge in [0.1, 0.15) is 5.75 Å². The third-order valence-corrected chi connectivity index (χ3v) is 5.00. The Morgan fingerprint density at radius 2 is 1.78 bits per heavy atom. The van der Waals surface area contributed by atoms with Gasteiger partial charge in [-0.15, -0.1) is 0 Å². The van der Waals surface area contributed by atoms with Crippen molar-refractivity contribution in [2.24, 2.45) is 0 Å². The van der Waals surface area contributed by atoms with Crippen LogP contribution in [0.3, 0.4) is 0 Å². The van der Waals surface area contributed by atoms with Crippen LogP contribution in [0, 0.1) is 6.92 Å². The number of rotatable bonds is 2. The fourth-order valence-corrected chi connectivity index (χ4v) is 3.19. The molecule has 0 saturated heterocycles. The molecule has 1 aliphatic rings. The van der Waals surface area contributed by atoms with E-state index in [2.05, 4.69) is 46.8 Å². The highest BCUT2D eigenvalue weighted by atomic mass is 16.5. The SMILES string of the molecule is CCC1(C)CCC(C)(C)c2cc(OC)c(C)cc21.